The fraction of sp³-hybridized carbons (Fsp3) is 0.667. The molecule has 1 fully saturated rings. The lowest BCUT2D eigenvalue weighted by molar-refractivity contribution is 0.321. The highest BCUT2D eigenvalue weighted by Crippen LogP contribution is 2.28. The molecular weight excluding hydrogens is 222 g/mol. The van der Waals surface area contributed by atoms with Crippen molar-refractivity contribution in [2.45, 2.75) is 39.7 Å². The zero-order valence-electron chi connectivity index (χ0n) is 11.9. The Kier molecular flexibility index (Phi) is 4.59. The quantitative estimate of drug-likeness (QED) is 0.838. The molecule has 1 aromatic rings. The summed E-state index contributed by atoms with van der Waals surface area (Å²) in [6.07, 6.45) is 4.19. The van der Waals surface area contributed by atoms with Crippen molar-refractivity contribution in [2.24, 2.45) is 5.92 Å². The van der Waals surface area contributed by atoms with Gasteiger partial charge >= 0.3 is 0 Å². The van der Waals surface area contributed by atoms with Crippen LogP contribution in [0.4, 0.5) is 5.82 Å². The molecule has 1 aromatic heterocycles. The summed E-state index contributed by atoms with van der Waals surface area (Å²) >= 11 is 0. The average Bonchev–Trinajstić information content (AvgIpc) is 2.30. The van der Waals surface area contributed by atoms with E-state index >= 15 is 0 Å². The van der Waals surface area contributed by atoms with Gasteiger partial charge in [0, 0.05) is 25.8 Å². The lowest BCUT2D eigenvalue weighted by Crippen LogP contribution is -2.30. The van der Waals surface area contributed by atoms with Gasteiger partial charge in [-0.25, -0.2) is 4.98 Å². The molecule has 3 heteroatoms. The summed E-state index contributed by atoms with van der Waals surface area (Å²) in [5.74, 6) is 2.00. The van der Waals surface area contributed by atoms with Crippen LogP contribution < -0.4 is 10.2 Å². The first-order valence-corrected chi connectivity index (χ1v) is 7.08. The summed E-state index contributed by atoms with van der Waals surface area (Å²) in [6.45, 7) is 7.31. The van der Waals surface area contributed by atoms with Crippen LogP contribution in [0.5, 0.6) is 0 Å². The van der Waals surface area contributed by atoms with E-state index in [9.17, 15) is 0 Å². The van der Waals surface area contributed by atoms with Gasteiger partial charge in [-0.05, 0) is 49.9 Å². The Hall–Kier alpha value is -1.09. The van der Waals surface area contributed by atoms with Crippen molar-refractivity contribution in [3.8, 4) is 0 Å². The molecule has 0 unspecified atom stereocenters. The van der Waals surface area contributed by atoms with Gasteiger partial charge in [0.25, 0.3) is 0 Å². The molecule has 1 aliphatic carbocycles. The molecule has 0 atom stereocenters. The minimum Gasteiger partial charge on any atom is -0.359 e. The number of aryl methyl sites for hydroxylation is 1. The zero-order valence-corrected chi connectivity index (χ0v) is 11.9. The smallest absolute Gasteiger partial charge is 0.128 e. The number of hydrogen-bond donors (Lipinski definition) is 1. The van der Waals surface area contributed by atoms with Crippen LogP contribution in [0.15, 0.2) is 12.1 Å². The molecule has 1 saturated carbocycles. The summed E-state index contributed by atoms with van der Waals surface area (Å²) in [5.41, 5.74) is 2.45. The molecular formula is C15H25N3. The largest absolute Gasteiger partial charge is 0.359 e. The van der Waals surface area contributed by atoms with Crippen molar-refractivity contribution in [1.82, 2.24) is 10.3 Å². The molecule has 0 amide bonds. The number of hydrogen-bond acceptors (Lipinski definition) is 3. The molecule has 0 aromatic carbocycles. The van der Waals surface area contributed by atoms with Gasteiger partial charge in [-0.3, -0.25) is 0 Å². The predicted octanol–water partition coefficient (Wildman–Crippen LogP) is 2.74. The van der Waals surface area contributed by atoms with Crippen molar-refractivity contribution in [2.75, 3.05) is 25.0 Å². The van der Waals surface area contributed by atoms with Crippen LogP contribution >= 0.6 is 0 Å². The summed E-state index contributed by atoms with van der Waals surface area (Å²) in [4.78, 5) is 6.96. The van der Waals surface area contributed by atoms with Crippen LogP contribution in [-0.2, 0) is 6.54 Å². The standard InChI is InChI=1S/C15H25N3/c1-4-16-10-14-8-12(2)17-15(9-14)18(3)11-13-6-5-7-13/h8-9,13,16H,4-7,10-11H2,1-3H3. The minimum atomic E-state index is 0.884. The second kappa shape index (κ2) is 6.19. The van der Waals surface area contributed by atoms with Gasteiger partial charge in [0.2, 0.25) is 0 Å². The van der Waals surface area contributed by atoms with Gasteiger partial charge < -0.3 is 10.2 Å². The molecule has 0 radical (unpaired) electrons. The number of nitrogens with one attached hydrogen (secondary N) is 1. The molecule has 0 bridgehead atoms. The Morgan fingerprint density at radius 2 is 2.17 bits per heavy atom. The van der Waals surface area contributed by atoms with Crippen LogP contribution in [0, 0.1) is 12.8 Å². The third kappa shape index (κ3) is 3.45. The van der Waals surface area contributed by atoms with E-state index in [0.717, 1.165) is 37.1 Å². The van der Waals surface area contributed by atoms with E-state index in [4.69, 9.17) is 0 Å². The number of pyridine rings is 1. The maximum atomic E-state index is 4.65. The van der Waals surface area contributed by atoms with E-state index in [1.807, 2.05) is 0 Å². The summed E-state index contributed by atoms with van der Waals surface area (Å²) < 4.78 is 0. The first-order chi connectivity index (χ1) is 8.69. The Morgan fingerprint density at radius 3 is 2.78 bits per heavy atom. The first-order valence-electron chi connectivity index (χ1n) is 7.08. The second-order valence-corrected chi connectivity index (χ2v) is 5.43. The molecule has 1 N–H and O–H groups in total. The van der Waals surface area contributed by atoms with E-state index < -0.39 is 0 Å². The Bertz CT molecular complexity index is 385. The van der Waals surface area contributed by atoms with Crippen molar-refractivity contribution >= 4 is 5.82 Å². The van der Waals surface area contributed by atoms with Crippen molar-refractivity contribution in [3.05, 3.63) is 23.4 Å². The van der Waals surface area contributed by atoms with Gasteiger partial charge in [0.15, 0.2) is 0 Å². The summed E-state index contributed by atoms with van der Waals surface area (Å²) in [7, 11) is 2.16. The van der Waals surface area contributed by atoms with Crippen molar-refractivity contribution in [3.63, 3.8) is 0 Å². The molecule has 1 aliphatic rings. The van der Waals surface area contributed by atoms with Crippen LogP contribution in [0.25, 0.3) is 0 Å². The third-order valence-electron chi connectivity index (χ3n) is 3.73. The SMILES string of the molecule is CCNCc1cc(C)nc(N(C)CC2CCC2)c1. The highest BCUT2D eigenvalue weighted by Gasteiger charge is 2.19. The number of anilines is 1. The number of rotatable bonds is 6. The van der Waals surface area contributed by atoms with Crippen molar-refractivity contribution < 1.29 is 0 Å². The fourth-order valence-corrected chi connectivity index (χ4v) is 2.44. The van der Waals surface area contributed by atoms with E-state index in [2.05, 4.69) is 48.2 Å². The Morgan fingerprint density at radius 1 is 1.39 bits per heavy atom. The monoisotopic (exact) mass is 247 g/mol. The minimum absolute atomic E-state index is 0.884. The van der Waals surface area contributed by atoms with Crippen LogP contribution in [0.1, 0.15) is 37.4 Å². The highest BCUT2D eigenvalue weighted by molar-refractivity contribution is 5.42. The molecule has 1 heterocycles. The molecule has 0 spiro atoms. The molecule has 3 nitrogen and oxygen atoms in total. The summed E-state index contributed by atoms with van der Waals surface area (Å²) in [5, 5.41) is 3.37. The van der Waals surface area contributed by atoms with Crippen LogP contribution in [0.3, 0.4) is 0 Å². The van der Waals surface area contributed by atoms with Gasteiger partial charge in [-0.2, -0.15) is 0 Å². The predicted molar refractivity (Wildman–Crippen MR) is 77.0 cm³/mol. The maximum absolute atomic E-state index is 4.65. The topological polar surface area (TPSA) is 28.2 Å². The Balaban J connectivity index is 2.03. The normalized spacial score (nSPS) is 15.5. The molecule has 100 valence electrons. The molecule has 0 aliphatic heterocycles. The lowest BCUT2D eigenvalue weighted by atomic mass is 9.85. The van der Waals surface area contributed by atoms with E-state index in [-0.39, 0.29) is 0 Å². The highest BCUT2D eigenvalue weighted by atomic mass is 15.2. The van der Waals surface area contributed by atoms with E-state index in [1.165, 1.54) is 24.8 Å². The first kappa shape index (κ1) is 13.3. The van der Waals surface area contributed by atoms with Gasteiger partial charge in [0.1, 0.15) is 5.82 Å². The van der Waals surface area contributed by atoms with Gasteiger partial charge in [-0.15, -0.1) is 0 Å². The van der Waals surface area contributed by atoms with Crippen LogP contribution in [0.2, 0.25) is 0 Å². The number of aromatic nitrogens is 1. The zero-order chi connectivity index (χ0) is 13.0. The van der Waals surface area contributed by atoms with Crippen molar-refractivity contribution in [1.29, 1.82) is 0 Å². The number of nitrogens with zero attached hydrogens (tertiary/aromatic N) is 2. The summed E-state index contributed by atoms with van der Waals surface area (Å²) in [6, 6.07) is 4.39. The van der Waals surface area contributed by atoms with Gasteiger partial charge in [-0.1, -0.05) is 13.3 Å². The van der Waals surface area contributed by atoms with Gasteiger partial charge in [0.05, 0.1) is 0 Å². The Labute approximate surface area is 111 Å². The van der Waals surface area contributed by atoms with Crippen LogP contribution in [-0.4, -0.2) is 25.1 Å². The fourth-order valence-electron chi connectivity index (χ4n) is 2.44. The lowest BCUT2D eigenvalue weighted by Gasteiger charge is -2.31. The molecule has 0 saturated heterocycles. The second-order valence-electron chi connectivity index (χ2n) is 5.43. The molecule has 18 heavy (non-hydrogen) atoms. The van der Waals surface area contributed by atoms with E-state index in [0.29, 0.717) is 0 Å². The maximum Gasteiger partial charge on any atom is 0.128 e. The van der Waals surface area contributed by atoms with E-state index in [1.54, 1.807) is 0 Å². The average molecular weight is 247 g/mol. The molecule has 2 rings (SSSR count). The third-order valence-corrected chi connectivity index (χ3v) is 3.73.